The minimum absolute atomic E-state index is 0.117. The third-order valence-electron chi connectivity index (χ3n) is 1.27. The molecular formula is C9H16O4. The maximum absolute atomic E-state index is 11.0. The second-order valence-corrected chi connectivity index (χ2v) is 2.34. The fourth-order valence-electron chi connectivity index (χ4n) is 0.650. The maximum Gasteiger partial charge on any atom is 0.377 e. The number of rotatable bonds is 6. The molecule has 0 aliphatic rings. The molecule has 0 bridgehead atoms. The molecule has 0 aliphatic heterocycles. The van der Waals surface area contributed by atoms with Crippen molar-refractivity contribution in [2.45, 2.75) is 26.7 Å². The van der Waals surface area contributed by atoms with Gasteiger partial charge in [-0.1, -0.05) is 13.3 Å². The average molecular weight is 188 g/mol. The van der Waals surface area contributed by atoms with Gasteiger partial charge < -0.3 is 9.62 Å². The Kier molecular flexibility index (Phi) is 7.01. The Hall–Kier alpha value is -1.03. The van der Waals surface area contributed by atoms with Crippen LogP contribution in [0.25, 0.3) is 0 Å². The molecule has 0 N–H and O–H groups in total. The average Bonchev–Trinajstić information content (AvgIpc) is 2.17. The first-order chi connectivity index (χ1) is 6.26. The van der Waals surface area contributed by atoms with E-state index in [0.29, 0.717) is 6.61 Å². The number of ether oxygens (including phenoxy) is 1. The molecule has 4 nitrogen and oxygen atoms in total. The minimum Gasteiger partial charge on any atom is -0.463 e. The van der Waals surface area contributed by atoms with E-state index in [9.17, 15) is 4.79 Å². The second kappa shape index (κ2) is 7.61. The molecule has 0 amide bonds. The molecule has 0 aromatic rings. The van der Waals surface area contributed by atoms with Gasteiger partial charge >= 0.3 is 5.97 Å². The predicted molar refractivity (Wildman–Crippen MR) is 47.7 cm³/mol. The molecule has 0 saturated carbocycles. The standard InChI is InChI=1S/C9H16O4/c1-4-6-7-8(9(10)11-3)13-12-5-2/h7H,4-6H2,1-3H3. The summed E-state index contributed by atoms with van der Waals surface area (Å²) < 4.78 is 4.49. The number of carbonyl (C=O) groups excluding carboxylic acids is 1. The molecule has 0 radical (unpaired) electrons. The highest BCUT2D eigenvalue weighted by atomic mass is 17.2. The molecule has 0 aliphatic carbocycles. The van der Waals surface area contributed by atoms with E-state index in [1.807, 2.05) is 6.92 Å². The molecule has 0 unspecified atom stereocenters. The number of allylic oxidation sites excluding steroid dienone is 1. The summed E-state index contributed by atoms with van der Waals surface area (Å²) in [5, 5.41) is 0. The largest absolute Gasteiger partial charge is 0.463 e. The smallest absolute Gasteiger partial charge is 0.377 e. The van der Waals surface area contributed by atoms with E-state index in [2.05, 4.69) is 9.62 Å². The van der Waals surface area contributed by atoms with Gasteiger partial charge in [0.15, 0.2) is 0 Å². The number of unbranched alkanes of at least 4 members (excludes halogenated alkanes) is 1. The molecule has 0 heterocycles. The quantitative estimate of drug-likeness (QED) is 0.210. The van der Waals surface area contributed by atoms with Gasteiger partial charge in [-0.15, -0.1) is 0 Å². The van der Waals surface area contributed by atoms with Crippen molar-refractivity contribution in [2.75, 3.05) is 13.7 Å². The van der Waals surface area contributed by atoms with Crippen LogP contribution in [-0.2, 0) is 19.3 Å². The van der Waals surface area contributed by atoms with Crippen LogP contribution in [0, 0.1) is 0 Å². The highest BCUT2D eigenvalue weighted by Gasteiger charge is 2.11. The summed E-state index contributed by atoms with van der Waals surface area (Å²) in [6.45, 7) is 4.17. The number of carbonyl (C=O) groups is 1. The molecule has 0 fully saturated rings. The summed E-state index contributed by atoms with van der Waals surface area (Å²) >= 11 is 0. The van der Waals surface area contributed by atoms with Gasteiger partial charge in [0, 0.05) is 0 Å². The Morgan fingerprint density at radius 1 is 1.38 bits per heavy atom. The summed E-state index contributed by atoms with van der Waals surface area (Å²) in [6.07, 6.45) is 3.36. The Labute approximate surface area is 78.4 Å². The van der Waals surface area contributed by atoms with Crippen LogP contribution in [0.3, 0.4) is 0 Å². The molecule has 0 atom stereocenters. The van der Waals surface area contributed by atoms with Crippen LogP contribution in [0.2, 0.25) is 0 Å². The summed E-state index contributed by atoms with van der Waals surface area (Å²) in [7, 11) is 1.30. The van der Waals surface area contributed by atoms with E-state index < -0.39 is 5.97 Å². The first-order valence-electron chi connectivity index (χ1n) is 4.34. The van der Waals surface area contributed by atoms with Crippen LogP contribution in [0.15, 0.2) is 11.8 Å². The third kappa shape index (κ3) is 5.25. The Bertz CT molecular complexity index is 174. The number of hydrogen-bond donors (Lipinski definition) is 0. The van der Waals surface area contributed by atoms with E-state index in [1.165, 1.54) is 7.11 Å². The summed E-state index contributed by atoms with van der Waals surface area (Å²) in [4.78, 5) is 20.4. The predicted octanol–water partition coefficient (Wildman–Crippen LogP) is 1.81. The van der Waals surface area contributed by atoms with Crippen LogP contribution >= 0.6 is 0 Å². The number of esters is 1. The zero-order valence-electron chi connectivity index (χ0n) is 8.33. The van der Waals surface area contributed by atoms with Gasteiger partial charge in [-0.05, 0) is 19.4 Å². The van der Waals surface area contributed by atoms with Crippen LogP contribution in [0.5, 0.6) is 0 Å². The molecule has 0 saturated heterocycles. The van der Waals surface area contributed by atoms with Crippen molar-refractivity contribution in [3.05, 3.63) is 11.8 Å². The highest BCUT2D eigenvalue weighted by molar-refractivity contribution is 5.85. The number of hydrogen-bond acceptors (Lipinski definition) is 4. The lowest BCUT2D eigenvalue weighted by atomic mass is 10.3. The van der Waals surface area contributed by atoms with E-state index in [4.69, 9.17) is 4.89 Å². The molecule has 0 aromatic heterocycles. The van der Waals surface area contributed by atoms with Gasteiger partial charge in [-0.25, -0.2) is 4.79 Å². The SMILES string of the molecule is CCCC=C(OOCC)C(=O)OC. The molecule has 0 aromatic carbocycles. The summed E-state index contributed by atoms with van der Waals surface area (Å²) in [5.41, 5.74) is 0. The Morgan fingerprint density at radius 2 is 2.08 bits per heavy atom. The fraction of sp³-hybridized carbons (Fsp3) is 0.667. The van der Waals surface area contributed by atoms with Crippen molar-refractivity contribution in [3.63, 3.8) is 0 Å². The van der Waals surface area contributed by atoms with Crippen molar-refractivity contribution >= 4 is 5.97 Å². The van der Waals surface area contributed by atoms with E-state index >= 15 is 0 Å². The van der Waals surface area contributed by atoms with Crippen LogP contribution in [-0.4, -0.2) is 19.7 Å². The van der Waals surface area contributed by atoms with Gasteiger partial charge in [-0.2, -0.15) is 4.89 Å². The topological polar surface area (TPSA) is 44.8 Å². The first kappa shape index (κ1) is 12.0. The maximum atomic E-state index is 11.0. The van der Waals surface area contributed by atoms with Crippen LogP contribution in [0.4, 0.5) is 0 Å². The molecule has 4 heteroatoms. The lowest BCUT2D eigenvalue weighted by molar-refractivity contribution is -0.260. The van der Waals surface area contributed by atoms with E-state index in [0.717, 1.165) is 12.8 Å². The van der Waals surface area contributed by atoms with Gasteiger partial charge in [-0.3, -0.25) is 0 Å². The molecule has 13 heavy (non-hydrogen) atoms. The lowest BCUT2D eigenvalue weighted by Crippen LogP contribution is -2.08. The minimum atomic E-state index is -0.512. The normalized spacial score (nSPS) is 11.2. The molecule has 0 spiro atoms. The first-order valence-corrected chi connectivity index (χ1v) is 4.34. The van der Waals surface area contributed by atoms with Gasteiger partial charge in [0.1, 0.15) is 0 Å². The van der Waals surface area contributed by atoms with E-state index in [1.54, 1.807) is 13.0 Å². The van der Waals surface area contributed by atoms with E-state index in [-0.39, 0.29) is 5.76 Å². The highest BCUT2D eigenvalue weighted by Crippen LogP contribution is 2.04. The summed E-state index contributed by atoms with van der Waals surface area (Å²) in [6, 6.07) is 0. The molecule has 76 valence electrons. The monoisotopic (exact) mass is 188 g/mol. The number of methoxy groups -OCH3 is 1. The lowest BCUT2D eigenvalue weighted by Gasteiger charge is -2.04. The Balaban J connectivity index is 4.09. The van der Waals surface area contributed by atoms with Crippen molar-refractivity contribution in [1.29, 1.82) is 0 Å². The molecule has 0 rings (SSSR count). The van der Waals surface area contributed by atoms with Crippen molar-refractivity contribution in [1.82, 2.24) is 0 Å². The van der Waals surface area contributed by atoms with Crippen LogP contribution in [0.1, 0.15) is 26.7 Å². The third-order valence-corrected chi connectivity index (χ3v) is 1.27. The van der Waals surface area contributed by atoms with Gasteiger partial charge in [0.05, 0.1) is 13.7 Å². The zero-order valence-corrected chi connectivity index (χ0v) is 8.33. The van der Waals surface area contributed by atoms with Crippen molar-refractivity contribution < 1.29 is 19.3 Å². The second-order valence-electron chi connectivity index (χ2n) is 2.34. The zero-order chi connectivity index (χ0) is 10.1. The fourth-order valence-corrected chi connectivity index (χ4v) is 0.650. The van der Waals surface area contributed by atoms with Gasteiger partial charge in [0.2, 0.25) is 5.76 Å². The van der Waals surface area contributed by atoms with Gasteiger partial charge in [0.25, 0.3) is 0 Å². The molecular weight excluding hydrogens is 172 g/mol. The van der Waals surface area contributed by atoms with Crippen molar-refractivity contribution in [3.8, 4) is 0 Å². The Morgan fingerprint density at radius 3 is 2.54 bits per heavy atom. The van der Waals surface area contributed by atoms with Crippen molar-refractivity contribution in [2.24, 2.45) is 0 Å². The van der Waals surface area contributed by atoms with Crippen LogP contribution < -0.4 is 0 Å². The summed E-state index contributed by atoms with van der Waals surface area (Å²) in [5.74, 6) is -0.395.